The highest BCUT2D eigenvalue weighted by molar-refractivity contribution is 9.10. The van der Waals surface area contributed by atoms with Gasteiger partial charge in [-0.1, -0.05) is 81.6 Å². The van der Waals surface area contributed by atoms with E-state index in [9.17, 15) is 9.59 Å². The Kier molecular flexibility index (Phi) is 6.38. The van der Waals surface area contributed by atoms with Gasteiger partial charge in [0.05, 0.1) is 10.0 Å². The third-order valence-corrected chi connectivity index (χ3v) is 9.33. The molecule has 2 aromatic heterocycles. The second kappa shape index (κ2) is 9.70. The van der Waals surface area contributed by atoms with E-state index in [1.807, 2.05) is 42.5 Å². The third-order valence-electron chi connectivity index (χ3n) is 5.54. The lowest BCUT2D eigenvalue weighted by molar-refractivity contribution is -0.129. The first-order valence-electron chi connectivity index (χ1n) is 10.8. The summed E-state index contributed by atoms with van der Waals surface area (Å²) < 4.78 is 13.8. The molecule has 3 heterocycles. The number of rotatable bonds is 4. The van der Waals surface area contributed by atoms with Gasteiger partial charge in [-0.3, -0.25) is 0 Å². The van der Waals surface area contributed by atoms with Crippen molar-refractivity contribution in [2.75, 3.05) is 0 Å². The molecule has 0 saturated carbocycles. The number of hydrogen-bond acceptors (Lipinski definition) is 7. The maximum atomic E-state index is 13.0. The number of thiophene rings is 2. The number of carbonyl (C=O) groups excluding carboxylic acids is 2. The topological polar surface area (TPSA) is 65.0 Å². The van der Waals surface area contributed by atoms with Crippen LogP contribution in [0, 0.1) is 0 Å². The first kappa shape index (κ1) is 24.3. The molecular weight excluding hydrogens is 617 g/mol. The molecular formula is C27H12BrCl2NO4S2. The zero-order valence-electron chi connectivity index (χ0n) is 18.5. The molecule has 5 nitrogen and oxygen atoms in total. The van der Waals surface area contributed by atoms with E-state index in [0.29, 0.717) is 20.5 Å². The van der Waals surface area contributed by atoms with Gasteiger partial charge in [0.2, 0.25) is 5.90 Å². The van der Waals surface area contributed by atoms with Crippen molar-refractivity contribution in [3.8, 4) is 5.75 Å². The Morgan fingerprint density at radius 3 is 2.54 bits per heavy atom. The SMILES string of the molecule is O=C1OC(c2sc3ccccc3c2Cl)=N/C1=C/c1ccccc1OC(=O)c1sc2cc(Br)ccc2c1Cl. The van der Waals surface area contributed by atoms with Crippen LogP contribution < -0.4 is 4.74 Å². The first-order chi connectivity index (χ1) is 17.9. The summed E-state index contributed by atoms with van der Waals surface area (Å²) >= 11 is 19.1. The van der Waals surface area contributed by atoms with Crippen LogP contribution in [0.25, 0.3) is 26.2 Å². The van der Waals surface area contributed by atoms with E-state index in [1.54, 1.807) is 24.3 Å². The van der Waals surface area contributed by atoms with Gasteiger partial charge in [0.1, 0.15) is 15.5 Å². The van der Waals surface area contributed by atoms with Crippen molar-refractivity contribution in [2.45, 2.75) is 0 Å². The lowest BCUT2D eigenvalue weighted by Crippen LogP contribution is -2.08. The van der Waals surface area contributed by atoms with Crippen molar-refractivity contribution in [1.82, 2.24) is 0 Å². The minimum atomic E-state index is -0.622. The Morgan fingerprint density at radius 2 is 1.70 bits per heavy atom. The fourth-order valence-corrected chi connectivity index (χ4v) is 7.19. The fourth-order valence-electron chi connectivity index (χ4n) is 3.81. The largest absolute Gasteiger partial charge is 0.422 e. The minimum absolute atomic E-state index is 0.0665. The summed E-state index contributed by atoms with van der Waals surface area (Å²) in [6, 6.07) is 20.1. The number of esters is 2. The molecule has 37 heavy (non-hydrogen) atoms. The van der Waals surface area contributed by atoms with E-state index in [4.69, 9.17) is 32.7 Å². The van der Waals surface area contributed by atoms with E-state index < -0.39 is 11.9 Å². The molecule has 1 aliphatic heterocycles. The number of benzene rings is 3. The van der Waals surface area contributed by atoms with E-state index >= 15 is 0 Å². The number of halogens is 3. The summed E-state index contributed by atoms with van der Waals surface area (Å²) in [5.74, 6) is -0.822. The smallest absolute Gasteiger partial charge is 0.363 e. The molecule has 1 aliphatic rings. The number of hydrogen-bond donors (Lipinski definition) is 0. The Balaban J connectivity index is 1.32. The highest BCUT2D eigenvalue weighted by atomic mass is 79.9. The van der Waals surface area contributed by atoms with Crippen LogP contribution in [0.1, 0.15) is 20.1 Å². The Bertz CT molecular complexity index is 1820. The maximum Gasteiger partial charge on any atom is 0.363 e. The van der Waals surface area contributed by atoms with E-state index in [1.165, 1.54) is 28.7 Å². The van der Waals surface area contributed by atoms with Crippen molar-refractivity contribution < 1.29 is 19.1 Å². The zero-order valence-corrected chi connectivity index (χ0v) is 23.2. The van der Waals surface area contributed by atoms with Gasteiger partial charge in [0.25, 0.3) is 0 Å². The van der Waals surface area contributed by atoms with Crippen LogP contribution in [0.3, 0.4) is 0 Å². The number of carbonyl (C=O) groups is 2. The molecule has 0 spiro atoms. The highest BCUT2D eigenvalue weighted by Gasteiger charge is 2.28. The van der Waals surface area contributed by atoms with Crippen LogP contribution in [0.5, 0.6) is 5.75 Å². The van der Waals surface area contributed by atoms with Crippen molar-refractivity contribution in [2.24, 2.45) is 4.99 Å². The van der Waals surface area contributed by atoms with Gasteiger partial charge in [-0.15, -0.1) is 22.7 Å². The fraction of sp³-hybridized carbons (Fsp3) is 0. The van der Waals surface area contributed by atoms with Crippen LogP contribution in [0.4, 0.5) is 0 Å². The van der Waals surface area contributed by atoms with E-state index in [-0.39, 0.29) is 22.2 Å². The molecule has 182 valence electrons. The number of nitrogens with zero attached hydrogens (tertiary/aromatic N) is 1. The molecule has 0 saturated heterocycles. The van der Waals surface area contributed by atoms with Gasteiger partial charge < -0.3 is 9.47 Å². The summed E-state index contributed by atoms with van der Waals surface area (Å²) in [6.07, 6.45) is 1.52. The Morgan fingerprint density at radius 1 is 0.946 bits per heavy atom. The number of fused-ring (bicyclic) bond motifs is 2. The van der Waals surface area contributed by atoms with Gasteiger partial charge in [0, 0.05) is 30.2 Å². The average Bonchev–Trinajstić information content (AvgIpc) is 3.53. The van der Waals surface area contributed by atoms with Crippen molar-refractivity contribution in [1.29, 1.82) is 0 Å². The number of ether oxygens (including phenoxy) is 2. The number of aliphatic imine (C=N–C) groups is 1. The molecule has 0 atom stereocenters. The summed E-state index contributed by atoms with van der Waals surface area (Å²) in [4.78, 5) is 30.9. The van der Waals surface area contributed by atoms with E-state index in [2.05, 4.69) is 20.9 Å². The van der Waals surface area contributed by atoms with Gasteiger partial charge in [0.15, 0.2) is 5.70 Å². The molecule has 10 heteroatoms. The van der Waals surface area contributed by atoms with Crippen molar-refractivity contribution >= 4 is 106 Å². The molecule has 6 rings (SSSR count). The average molecular weight is 629 g/mol. The predicted molar refractivity (Wildman–Crippen MR) is 153 cm³/mol. The molecule has 0 radical (unpaired) electrons. The number of cyclic esters (lactones) is 1. The van der Waals surface area contributed by atoms with Crippen LogP contribution in [-0.4, -0.2) is 17.8 Å². The molecule has 0 bridgehead atoms. The molecule has 0 aliphatic carbocycles. The third kappa shape index (κ3) is 4.49. The standard InChI is InChI=1S/C27H12BrCl2NO4S2/c28-14-9-10-16-20(12-14)37-24(22(16)30)27(33)34-18-7-3-1-5-13(18)11-17-26(32)35-25(31-17)23-21(29)15-6-2-4-8-19(15)36-23/h1-12H/b17-11+. The molecule has 0 N–H and O–H groups in total. The summed E-state index contributed by atoms with van der Waals surface area (Å²) in [5, 5.41) is 2.45. The van der Waals surface area contributed by atoms with Gasteiger partial charge in [-0.2, -0.15) is 0 Å². The summed E-state index contributed by atoms with van der Waals surface area (Å²) in [5.41, 5.74) is 0.548. The quantitative estimate of drug-likeness (QED) is 0.113. The van der Waals surface area contributed by atoms with Gasteiger partial charge in [-0.25, -0.2) is 14.6 Å². The summed E-state index contributed by atoms with van der Waals surface area (Å²) in [6.45, 7) is 0. The molecule has 0 amide bonds. The van der Waals surface area contributed by atoms with Crippen molar-refractivity contribution in [3.63, 3.8) is 0 Å². The van der Waals surface area contributed by atoms with Crippen LogP contribution >= 0.6 is 61.8 Å². The Hall–Kier alpha value is -3.01. The second-order valence-electron chi connectivity index (χ2n) is 7.89. The maximum absolute atomic E-state index is 13.0. The number of para-hydroxylation sites is 1. The second-order valence-corrected chi connectivity index (χ2v) is 11.7. The van der Waals surface area contributed by atoms with Crippen molar-refractivity contribution in [3.05, 3.63) is 102 Å². The first-order valence-corrected chi connectivity index (χ1v) is 14.0. The summed E-state index contributed by atoms with van der Waals surface area (Å²) in [7, 11) is 0. The molecule has 0 fully saturated rings. The minimum Gasteiger partial charge on any atom is -0.422 e. The highest BCUT2D eigenvalue weighted by Crippen LogP contribution is 2.39. The van der Waals surface area contributed by atoms with Crippen LogP contribution in [0.2, 0.25) is 10.0 Å². The normalized spacial score (nSPS) is 14.4. The predicted octanol–water partition coefficient (Wildman–Crippen LogP) is 8.75. The molecule has 0 unspecified atom stereocenters. The van der Waals surface area contributed by atoms with Crippen LogP contribution in [-0.2, 0) is 9.53 Å². The Labute approximate surface area is 236 Å². The van der Waals surface area contributed by atoms with Gasteiger partial charge >= 0.3 is 11.9 Å². The molecule has 5 aromatic rings. The monoisotopic (exact) mass is 627 g/mol. The lowest BCUT2D eigenvalue weighted by Gasteiger charge is -2.07. The zero-order chi connectivity index (χ0) is 25.7. The van der Waals surface area contributed by atoms with Gasteiger partial charge in [-0.05, 0) is 30.3 Å². The van der Waals surface area contributed by atoms with Crippen LogP contribution in [0.15, 0.2) is 81.9 Å². The van der Waals surface area contributed by atoms with E-state index in [0.717, 1.165) is 24.6 Å². The lowest BCUT2D eigenvalue weighted by atomic mass is 10.1. The molecule has 3 aromatic carbocycles.